The number of H-pyrrole nitrogens is 1. The zero-order chi connectivity index (χ0) is 16.2. The summed E-state index contributed by atoms with van der Waals surface area (Å²) in [5.41, 5.74) is 0.391. The Morgan fingerprint density at radius 1 is 0.826 bits per heavy atom. The van der Waals surface area contributed by atoms with Gasteiger partial charge in [0.1, 0.15) is 5.56 Å². The monoisotopic (exact) mass is 311 g/mol. The fourth-order valence-electron chi connectivity index (χ4n) is 2.64. The van der Waals surface area contributed by atoms with Crippen LogP contribution in [0, 0.1) is 0 Å². The highest BCUT2D eigenvalue weighted by Gasteiger charge is 2.26. The first-order chi connectivity index (χ1) is 11.2. The third-order valence-corrected chi connectivity index (χ3v) is 3.92. The van der Waals surface area contributed by atoms with Crippen molar-refractivity contribution in [2.24, 2.45) is 0 Å². The average molecular weight is 311 g/mol. The number of rotatable bonds is 2. The highest BCUT2D eigenvalue weighted by Crippen LogP contribution is 2.10. The minimum Gasteiger partial charge on any atom is -0.335 e. The molecule has 23 heavy (non-hydrogen) atoms. The summed E-state index contributed by atoms with van der Waals surface area (Å²) in [6.07, 6.45) is 1.50. The van der Waals surface area contributed by atoms with Crippen molar-refractivity contribution in [2.45, 2.75) is 0 Å². The molecule has 0 aliphatic carbocycles. The van der Waals surface area contributed by atoms with Crippen LogP contribution >= 0.6 is 0 Å². The molecule has 1 aromatic heterocycles. The number of amides is 2. The number of nitrogens with zero attached hydrogens (tertiary/aromatic N) is 2. The molecule has 0 bridgehead atoms. The number of piperazine rings is 1. The number of hydrogen-bond donors (Lipinski definition) is 1. The fourth-order valence-corrected chi connectivity index (χ4v) is 2.64. The molecule has 0 saturated carbocycles. The van der Waals surface area contributed by atoms with Crippen LogP contribution in [0.3, 0.4) is 0 Å². The van der Waals surface area contributed by atoms with Crippen molar-refractivity contribution in [3.05, 3.63) is 70.1 Å². The number of nitrogens with one attached hydrogen (secondary N) is 1. The van der Waals surface area contributed by atoms with Crippen LogP contribution in [-0.2, 0) is 0 Å². The van der Waals surface area contributed by atoms with E-state index in [0.29, 0.717) is 31.7 Å². The van der Waals surface area contributed by atoms with Crippen molar-refractivity contribution in [3.63, 3.8) is 0 Å². The Bertz CT molecular complexity index is 762. The molecule has 3 rings (SSSR count). The quantitative estimate of drug-likeness (QED) is 0.898. The normalized spacial score (nSPS) is 14.6. The summed E-state index contributed by atoms with van der Waals surface area (Å²) in [6.45, 7) is 1.77. The van der Waals surface area contributed by atoms with Crippen molar-refractivity contribution in [3.8, 4) is 0 Å². The van der Waals surface area contributed by atoms with Gasteiger partial charge in [-0.05, 0) is 24.3 Å². The van der Waals surface area contributed by atoms with Gasteiger partial charge in [-0.15, -0.1) is 0 Å². The second-order valence-corrected chi connectivity index (χ2v) is 5.36. The van der Waals surface area contributed by atoms with E-state index in [1.807, 2.05) is 18.2 Å². The van der Waals surface area contributed by atoms with Crippen LogP contribution < -0.4 is 5.56 Å². The van der Waals surface area contributed by atoms with E-state index >= 15 is 0 Å². The molecule has 1 aliphatic heterocycles. The lowest BCUT2D eigenvalue weighted by Gasteiger charge is -2.34. The Labute approximate surface area is 133 Å². The Balaban J connectivity index is 1.65. The van der Waals surface area contributed by atoms with Crippen molar-refractivity contribution >= 4 is 11.8 Å². The zero-order valence-corrected chi connectivity index (χ0v) is 12.6. The Morgan fingerprint density at radius 2 is 1.43 bits per heavy atom. The molecular weight excluding hydrogens is 294 g/mol. The van der Waals surface area contributed by atoms with E-state index in [4.69, 9.17) is 0 Å². The van der Waals surface area contributed by atoms with Gasteiger partial charge in [-0.25, -0.2) is 0 Å². The number of aromatic amines is 1. The average Bonchev–Trinajstić information content (AvgIpc) is 2.62. The second-order valence-electron chi connectivity index (χ2n) is 5.36. The molecule has 0 spiro atoms. The van der Waals surface area contributed by atoms with E-state index in [2.05, 4.69) is 4.98 Å². The maximum absolute atomic E-state index is 12.4. The number of hydrogen-bond acceptors (Lipinski definition) is 3. The third-order valence-electron chi connectivity index (χ3n) is 3.92. The first-order valence-electron chi connectivity index (χ1n) is 7.48. The second kappa shape index (κ2) is 6.48. The van der Waals surface area contributed by atoms with Gasteiger partial charge < -0.3 is 14.8 Å². The Morgan fingerprint density at radius 3 is 2.04 bits per heavy atom. The number of carbonyl (C=O) groups is 2. The molecule has 2 aromatic rings. The van der Waals surface area contributed by atoms with E-state index in [1.165, 1.54) is 12.3 Å². The molecule has 1 fully saturated rings. The molecule has 1 aliphatic rings. The highest BCUT2D eigenvalue weighted by molar-refractivity contribution is 5.95. The summed E-state index contributed by atoms with van der Waals surface area (Å²) in [4.78, 5) is 42.3. The van der Waals surface area contributed by atoms with Crippen molar-refractivity contribution in [1.29, 1.82) is 0 Å². The Kier molecular flexibility index (Phi) is 4.23. The van der Waals surface area contributed by atoms with E-state index in [-0.39, 0.29) is 22.9 Å². The molecule has 1 saturated heterocycles. The number of benzene rings is 1. The van der Waals surface area contributed by atoms with Crippen LogP contribution in [0.1, 0.15) is 20.7 Å². The fraction of sp³-hybridized carbons (Fsp3) is 0.235. The zero-order valence-electron chi connectivity index (χ0n) is 12.6. The van der Waals surface area contributed by atoms with E-state index in [9.17, 15) is 14.4 Å². The van der Waals surface area contributed by atoms with Crippen LogP contribution in [0.4, 0.5) is 0 Å². The van der Waals surface area contributed by atoms with Gasteiger partial charge >= 0.3 is 0 Å². The summed E-state index contributed by atoms with van der Waals surface area (Å²) < 4.78 is 0. The van der Waals surface area contributed by atoms with Gasteiger partial charge in [0.15, 0.2) is 0 Å². The van der Waals surface area contributed by atoms with Gasteiger partial charge in [0.2, 0.25) is 0 Å². The maximum Gasteiger partial charge on any atom is 0.260 e. The molecular formula is C17H17N3O3. The number of pyridine rings is 1. The molecule has 118 valence electrons. The van der Waals surface area contributed by atoms with Gasteiger partial charge in [-0.3, -0.25) is 14.4 Å². The first-order valence-corrected chi connectivity index (χ1v) is 7.48. The van der Waals surface area contributed by atoms with E-state index < -0.39 is 0 Å². The molecule has 6 heteroatoms. The van der Waals surface area contributed by atoms with Crippen LogP contribution in [0.2, 0.25) is 0 Å². The van der Waals surface area contributed by atoms with Crippen LogP contribution in [0.25, 0.3) is 0 Å². The van der Waals surface area contributed by atoms with Crippen LogP contribution in [0.5, 0.6) is 0 Å². The van der Waals surface area contributed by atoms with Gasteiger partial charge in [0.25, 0.3) is 17.4 Å². The summed E-state index contributed by atoms with van der Waals surface area (Å²) in [5.74, 6) is -0.325. The molecule has 0 atom stereocenters. The van der Waals surface area contributed by atoms with Crippen molar-refractivity contribution in [1.82, 2.24) is 14.8 Å². The molecule has 0 unspecified atom stereocenters. The van der Waals surface area contributed by atoms with Crippen LogP contribution in [-0.4, -0.2) is 52.8 Å². The van der Waals surface area contributed by atoms with Gasteiger partial charge in [-0.1, -0.05) is 18.2 Å². The summed E-state index contributed by atoms with van der Waals surface area (Å²) >= 11 is 0. The summed E-state index contributed by atoms with van der Waals surface area (Å²) in [5, 5.41) is 0. The number of aromatic nitrogens is 1. The van der Waals surface area contributed by atoms with Crippen molar-refractivity contribution < 1.29 is 9.59 Å². The highest BCUT2D eigenvalue weighted by atomic mass is 16.2. The minimum atomic E-state index is -0.389. The van der Waals surface area contributed by atoms with Crippen LogP contribution in [0.15, 0.2) is 53.5 Å². The Hall–Kier alpha value is -2.89. The molecule has 2 amide bonds. The summed E-state index contributed by atoms with van der Waals surface area (Å²) in [6, 6.07) is 12.2. The lowest BCUT2D eigenvalue weighted by molar-refractivity contribution is 0.0534. The largest absolute Gasteiger partial charge is 0.335 e. The van der Waals surface area contributed by atoms with E-state index in [0.717, 1.165) is 0 Å². The lowest BCUT2D eigenvalue weighted by Crippen LogP contribution is -2.51. The third kappa shape index (κ3) is 3.15. The number of carbonyl (C=O) groups excluding carboxylic acids is 2. The summed E-state index contributed by atoms with van der Waals surface area (Å²) in [7, 11) is 0. The maximum atomic E-state index is 12.4. The molecule has 1 aromatic carbocycles. The minimum absolute atomic E-state index is 0.0322. The standard InChI is InChI=1S/C17H17N3O3/c21-15-14(7-4-8-18-15)17(23)20-11-9-19(10-12-20)16(22)13-5-2-1-3-6-13/h1-8H,9-12H2,(H,18,21). The van der Waals surface area contributed by atoms with Gasteiger partial charge in [0.05, 0.1) is 0 Å². The molecule has 0 radical (unpaired) electrons. The first kappa shape index (κ1) is 15.0. The SMILES string of the molecule is O=C(c1ccccc1)N1CCN(C(=O)c2ccc[nH]c2=O)CC1. The molecule has 6 nitrogen and oxygen atoms in total. The lowest BCUT2D eigenvalue weighted by atomic mass is 10.1. The topological polar surface area (TPSA) is 73.5 Å². The van der Waals surface area contributed by atoms with Gasteiger partial charge in [0, 0.05) is 37.9 Å². The predicted molar refractivity (Wildman–Crippen MR) is 85.3 cm³/mol. The van der Waals surface area contributed by atoms with E-state index in [1.54, 1.807) is 28.0 Å². The van der Waals surface area contributed by atoms with Gasteiger partial charge in [-0.2, -0.15) is 0 Å². The predicted octanol–water partition coefficient (Wildman–Crippen LogP) is 0.973. The van der Waals surface area contributed by atoms with Crippen molar-refractivity contribution in [2.75, 3.05) is 26.2 Å². The molecule has 1 N–H and O–H groups in total. The molecule has 2 heterocycles. The smallest absolute Gasteiger partial charge is 0.260 e.